The van der Waals surface area contributed by atoms with Crippen molar-refractivity contribution in [1.82, 2.24) is 5.32 Å². The zero-order chi connectivity index (χ0) is 11.4. The number of nitrogens with one attached hydrogen (secondary N) is 1. The first-order valence-electron chi connectivity index (χ1n) is 5.65. The summed E-state index contributed by atoms with van der Waals surface area (Å²) in [6, 6.07) is 15.0. The molecule has 0 amide bonds. The molecule has 0 aliphatic rings. The summed E-state index contributed by atoms with van der Waals surface area (Å²) < 4.78 is 0. The molecule has 0 aromatic heterocycles. The molecule has 0 bridgehead atoms. The molecule has 2 nitrogen and oxygen atoms in total. The van der Waals surface area contributed by atoms with Crippen molar-refractivity contribution >= 4 is 10.8 Å². The molecule has 0 saturated carbocycles. The van der Waals surface area contributed by atoms with Gasteiger partial charge in [0, 0.05) is 12.6 Å². The molecule has 0 fully saturated rings. The molecule has 0 aliphatic carbocycles. The highest BCUT2D eigenvalue weighted by molar-refractivity contribution is 5.86. The SMILES string of the molecule is C[C@@H](NCCO)c1cccc2ccccc12. The van der Waals surface area contributed by atoms with E-state index in [1.807, 2.05) is 0 Å². The Hall–Kier alpha value is -1.38. The van der Waals surface area contributed by atoms with Crippen LogP contribution in [0.4, 0.5) is 0 Å². The van der Waals surface area contributed by atoms with E-state index in [-0.39, 0.29) is 12.6 Å². The quantitative estimate of drug-likeness (QED) is 0.821. The fourth-order valence-electron chi connectivity index (χ4n) is 2.02. The second-order valence-electron chi connectivity index (χ2n) is 3.97. The van der Waals surface area contributed by atoms with Gasteiger partial charge in [-0.3, -0.25) is 0 Å². The maximum Gasteiger partial charge on any atom is 0.0556 e. The van der Waals surface area contributed by atoms with Crippen LogP contribution in [0.1, 0.15) is 18.5 Å². The number of hydrogen-bond donors (Lipinski definition) is 2. The van der Waals surface area contributed by atoms with E-state index in [0.717, 1.165) is 0 Å². The smallest absolute Gasteiger partial charge is 0.0556 e. The summed E-state index contributed by atoms with van der Waals surface area (Å²) in [7, 11) is 0. The molecule has 2 N–H and O–H groups in total. The second-order valence-corrected chi connectivity index (χ2v) is 3.97. The van der Waals surface area contributed by atoms with Gasteiger partial charge < -0.3 is 10.4 Å². The number of fused-ring (bicyclic) bond motifs is 1. The first kappa shape index (κ1) is 11.1. The first-order valence-corrected chi connectivity index (χ1v) is 5.65. The minimum atomic E-state index is 0.176. The molecular formula is C14H17NO. The summed E-state index contributed by atoms with van der Waals surface area (Å²) in [4.78, 5) is 0. The molecular weight excluding hydrogens is 198 g/mol. The molecule has 0 saturated heterocycles. The Morgan fingerprint density at radius 3 is 2.69 bits per heavy atom. The topological polar surface area (TPSA) is 32.3 Å². The maximum absolute atomic E-state index is 8.81. The van der Waals surface area contributed by atoms with Crippen molar-refractivity contribution < 1.29 is 5.11 Å². The van der Waals surface area contributed by atoms with Crippen LogP contribution in [0.25, 0.3) is 10.8 Å². The van der Waals surface area contributed by atoms with Crippen molar-refractivity contribution in [2.24, 2.45) is 0 Å². The lowest BCUT2D eigenvalue weighted by Gasteiger charge is -2.15. The molecule has 2 rings (SSSR count). The van der Waals surface area contributed by atoms with Crippen molar-refractivity contribution in [3.8, 4) is 0 Å². The molecule has 0 radical (unpaired) electrons. The zero-order valence-electron chi connectivity index (χ0n) is 9.48. The predicted octanol–water partition coefficient (Wildman–Crippen LogP) is 2.48. The van der Waals surface area contributed by atoms with Crippen LogP contribution in [0, 0.1) is 0 Å². The number of aliphatic hydroxyl groups excluding tert-OH is 1. The van der Waals surface area contributed by atoms with Crippen molar-refractivity contribution in [2.45, 2.75) is 13.0 Å². The number of rotatable bonds is 4. The monoisotopic (exact) mass is 215 g/mol. The predicted molar refractivity (Wildman–Crippen MR) is 67.5 cm³/mol. The van der Waals surface area contributed by atoms with Crippen LogP contribution in [-0.4, -0.2) is 18.3 Å². The minimum absolute atomic E-state index is 0.176. The zero-order valence-corrected chi connectivity index (χ0v) is 9.48. The normalized spacial score (nSPS) is 12.9. The third-order valence-electron chi connectivity index (χ3n) is 2.85. The highest BCUT2D eigenvalue weighted by Crippen LogP contribution is 2.23. The van der Waals surface area contributed by atoms with Crippen LogP contribution in [0.15, 0.2) is 42.5 Å². The van der Waals surface area contributed by atoms with Crippen LogP contribution < -0.4 is 5.32 Å². The van der Waals surface area contributed by atoms with Crippen LogP contribution in [0.5, 0.6) is 0 Å². The van der Waals surface area contributed by atoms with E-state index < -0.39 is 0 Å². The Labute approximate surface area is 95.9 Å². The molecule has 2 aromatic rings. The Morgan fingerprint density at radius 1 is 1.12 bits per heavy atom. The van der Waals surface area contributed by atoms with Gasteiger partial charge in [0.2, 0.25) is 0 Å². The fraction of sp³-hybridized carbons (Fsp3) is 0.286. The van der Waals surface area contributed by atoms with Crippen LogP contribution in [0.2, 0.25) is 0 Å². The van der Waals surface area contributed by atoms with Gasteiger partial charge in [-0.15, -0.1) is 0 Å². The summed E-state index contributed by atoms with van der Waals surface area (Å²) in [5.74, 6) is 0. The van der Waals surface area contributed by atoms with Gasteiger partial charge in [-0.25, -0.2) is 0 Å². The molecule has 0 aliphatic heterocycles. The van der Waals surface area contributed by atoms with Gasteiger partial charge in [0.05, 0.1) is 6.61 Å². The van der Waals surface area contributed by atoms with Gasteiger partial charge in [0.1, 0.15) is 0 Å². The third-order valence-corrected chi connectivity index (χ3v) is 2.85. The van der Waals surface area contributed by atoms with E-state index in [0.29, 0.717) is 6.54 Å². The number of benzene rings is 2. The van der Waals surface area contributed by atoms with Gasteiger partial charge in [-0.05, 0) is 23.3 Å². The Balaban J connectivity index is 2.36. The van der Waals surface area contributed by atoms with Crippen molar-refractivity contribution in [3.63, 3.8) is 0 Å². The van der Waals surface area contributed by atoms with E-state index in [2.05, 4.69) is 54.7 Å². The summed E-state index contributed by atoms with van der Waals surface area (Å²) in [5, 5.41) is 14.6. The van der Waals surface area contributed by atoms with Gasteiger partial charge in [-0.1, -0.05) is 42.5 Å². The molecule has 84 valence electrons. The van der Waals surface area contributed by atoms with Crippen LogP contribution in [-0.2, 0) is 0 Å². The summed E-state index contributed by atoms with van der Waals surface area (Å²) in [5.41, 5.74) is 1.28. The standard InChI is InChI=1S/C14H17NO/c1-11(15-9-10-16)13-8-4-6-12-5-2-3-7-14(12)13/h2-8,11,15-16H,9-10H2,1H3/t11-/m1/s1. The summed E-state index contributed by atoms with van der Waals surface area (Å²) in [6.07, 6.45) is 0. The average molecular weight is 215 g/mol. The molecule has 2 aromatic carbocycles. The second kappa shape index (κ2) is 5.10. The lowest BCUT2D eigenvalue weighted by Crippen LogP contribution is -2.22. The Morgan fingerprint density at radius 2 is 1.88 bits per heavy atom. The van der Waals surface area contributed by atoms with E-state index >= 15 is 0 Å². The fourth-order valence-corrected chi connectivity index (χ4v) is 2.02. The highest BCUT2D eigenvalue weighted by Gasteiger charge is 2.07. The van der Waals surface area contributed by atoms with Gasteiger partial charge in [0.25, 0.3) is 0 Å². The average Bonchev–Trinajstić information content (AvgIpc) is 2.35. The van der Waals surface area contributed by atoms with Crippen molar-refractivity contribution in [2.75, 3.05) is 13.2 Å². The molecule has 0 spiro atoms. The van der Waals surface area contributed by atoms with Crippen LogP contribution in [0.3, 0.4) is 0 Å². The van der Waals surface area contributed by atoms with E-state index in [9.17, 15) is 0 Å². The van der Waals surface area contributed by atoms with Gasteiger partial charge in [-0.2, -0.15) is 0 Å². The number of hydrogen-bond acceptors (Lipinski definition) is 2. The van der Waals surface area contributed by atoms with Gasteiger partial charge in [0.15, 0.2) is 0 Å². The lowest BCUT2D eigenvalue weighted by molar-refractivity contribution is 0.286. The maximum atomic E-state index is 8.81. The lowest BCUT2D eigenvalue weighted by atomic mass is 10.00. The van der Waals surface area contributed by atoms with Gasteiger partial charge >= 0.3 is 0 Å². The van der Waals surface area contributed by atoms with E-state index in [4.69, 9.17) is 5.11 Å². The number of aliphatic hydroxyl groups is 1. The Kier molecular flexibility index (Phi) is 3.54. The van der Waals surface area contributed by atoms with Crippen molar-refractivity contribution in [3.05, 3.63) is 48.0 Å². The largest absolute Gasteiger partial charge is 0.395 e. The van der Waals surface area contributed by atoms with Crippen LogP contribution >= 0.6 is 0 Å². The molecule has 1 atom stereocenters. The van der Waals surface area contributed by atoms with E-state index in [1.165, 1.54) is 16.3 Å². The van der Waals surface area contributed by atoms with Crippen molar-refractivity contribution in [1.29, 1.82) is 0 Å². The summed E-state index contributed by atoms with van der Waals surface area (Å²) >= 11 is 0. The molecule has 2 heteroatoms. The van der Waals surface area contributed by atoms with E-state index in [1.54, 1.807) is 0 Å². The minimum Gasteiger partial charge on any atom is -0.395 e. The Bertz CT molecular complexity index is 462. The highest BCUT2D eigenvalue weighted by atomic mass is 16.3. The molecule has 0 heterocycles. The summed E-state index contributed by atoms with van der Waals surface area (Å²) in [6.45, 7) is 2.93. The third kappa shape index (κ3) is 2.23. The first-order chi connectivity index (χ1) is 7.83. The molecule has 0 unspecified atom stereocenters. The molecule has 16 heavy (non-hydrogen) atoms.